The number of nitrogens with one attached hydrogen (secondary N) is 1. The lowest BCUT2D eigenvalue weighted by atomic mass is 10.0. The van der Waals surface area contributed by atoms with Gasteiger partial charge in [-0.05, 0) is 19.8 Å². The molecule has 0 radical (unpaired) electrons. The normalized spacial score (nSPS) is 21.7. The maximum Gasteiger partial charge on any atom is 0.115 e. The summed E-state index contributed by atoms with van der Waals surface area (Å²) in [6.07, 6.45) is 6.85. The summed E-state index contributed by atoms with van der Waals surface area (Å²) in [4.78, 5) is 4.30. The van der Waals surface area contributed by atoms with E-state index in [1.807, 2.05) is 12.3 Å². The standard InChI is InChI=1S/C11H18N2OS/c1-11(8-14,10-12-6-7-15-10)13-9-4-2-3-5-9/h6-7,9,13-14H,2-5,8H2,1H3. The molecule has 0 aliphatic heterocycles. The third-order valence-electron chi connectivity index (χ3n) is 3.10. The minimum absolute atomic E-state index is 0.108. The van der Waals surface area contributed by atoms with Crippen LogP contribution in [-0.4, -0.2) is 22.7 Å². The van der Waals surface area contributed by atoms with Gasteiger partial charge < -0.3 is 10.4 Å². The van der Waals surface area contributed by atoms with Gasteiger partial charge in [0.15, 0.2) is 0 Å². The maximum absolute atomic E-state index is 9.52. The van der Waals surface area contributed by atoms with Crippen molar-refractivity contribution in [2.45, 2.75) is 44.2 Å². The van der Waals surface area contributed by atoms with Gasteiger partial charge in [0.25, 0.3) is 0 Å². The molecular weight excluding hydrogens is 208 g/mol. The Balaban J connectivity index is 2.07. The second-order valence-corrected chi connectivity index (χ2v) is 5.35. The number of rotatable bonds is 4. The van der Waals surface area contributed by atoms with Crippen molar-refractivity contribution in [2.24, 2.45) is 0 Å². The molecule has 1 aromatic rings. The first-order chi connectivity index (χ1) is 7.24. The lowest BCUT2D eigenvalue weighted by Gasteiger charge is -2.30. The molecule has 2 rings (SSSR count). The van der Waals surface area contributed by atoms with E-state index in [1.54, 1.807) is 17.5 Å². The maximum atomic E-state index is 9.52. The van der Waals surface area contributed by atoms with Crippen LogP contribution in [0.15, 0.2) is 11.6 Å². The molecule has 4 heteroatoms. The number of thiazole rings is 1. The highest BCUT2D eigenvalue weighted by Gasteiger charge is 2.31. The van der Waals surface area contributed by atoms with Gasteiger partial charge in [0.1, 0.15) is 5.01 Å². The summed E-state index contributed by atoms with van der Waals surface area (Å²) in [5, 5.41) is 16.0. The summed E-state index contributed by atoms with van der Waals surface area (Å²) in [5.74, 6) is 0. The summed E-state index contributed by atoms with van der Waals surface area (Å²) in [6.45, 7) is 2.14. The predicted octanol–water partition coefficient (Wildman–Crippen LogP) is 1.88. The zero-order valence-corrected chi connectivity index (χ0v) is 9.89. The highest BCUT2D eigenvalue weighted by Crippen LogP contribution is 2.27. The predicted molar refractivity (Wildman–Crippen MR) is 61.9 cm³/mol. The zero-order valence-electron chi connectivity index (χ0n) is 9.07. The Bertz CT molecular complexity index is 296. The van der Waals surface area contributed by atoms with Crippen LogP contribution >= 0.6 is 11.3 Å². The highest BCUT2D eigenvalue weighted by molar-refractivity contribution is 7.09. The summed E-state index contributed by atoms with van der Waals surface area (Å²) in [7, 11) is 0. The van der Waals surface area contributed by atoms with Gasteiger partial charge in [-0.25, -0.2) is 4.98 Å². The van der Waals surface area contributed by atoms with Gasteiger partial charge >= 0.3 is 0 Å². The smallest absolute Gasteiger partial charge is 0.115 e. The third-order valence-corrected chi connectivity index (χ3v) is 4.14. The summed E-state index contributed by atoms with van der Waals surface area (Å²) in [6, 6.07) is 0.547. The van der Waals surface area contributed by atoms with E-state index < -0.39 is 0 Å². The number of aliphatic hydroxyl groups is 1. The van der Waals surface area contributed by atoms with Gasteiger partial charge in [-0.2, -0.15) is 0 Å². The van der Waals surface area contributed by atoms with E-state index in [9.17, 15) is 5.11 Å². The minimum atomic E-state index is -0.358. The van der Waals surface area contributed by atoms with E-state index in [-0.39, 0.29) is 12.1 Å². The van der Waals surface area contributed by atoms with Crippen LogP contribution in [-0.2, 0) is 5.54 Å². The van der Waals surface area contributed by atoms with Gasteiger partial charge in [-0.15, -0.1) is 11.3 Å². The van der Waals surface area contributed by atoms with Gasteiger partial charge in [0, 0.05) is 17.6 Å². The first-order valence-electron chi connectivity index (χ1n) is 5.53. The SMILES string of the molecule is CC(CO)(NC1CCCC1)c1nccs1. The Morgan fingerprint density at radius 3 is 2.87 bits per heavy atom. The van der Waals surface area contributed by atoms with E-state index in [0.717, 1.165) is 5.01 Å². The molecule has 1 aromatic heterocycles. The van der Waals surface area contributed by atoms with Crippen LogP contribution in [0.2, 0.25) is 0 Å². The Hall–Kier alpha value is -0.450. The molecule has 3 nitrogen and oxygen atoms in total. The fraction of sp³-hybridized carbons (Fsp3) is 0.727. The Morgan fingerprint density at radius 1 is 1.60 bits per heavy atom. The molecule has 15 heavy (non-hydrogen) atoms. The van der Waals surface area contributed by atoms with Crippen molar-refractivity contribution in [3.63, 3.8) is 0 Å². The van der Waals surface area contributed by atoms with Crippen molar-refractivity contribution in [1.29, 1.82) is 0 Å². The molecule has 0 aromatic carbocycles. The molecule has 1 fully saturated rings. The van der Waals surface area contributed by atoms with Crippen LogP contribution in [0.3, 0.4) is 0 Å². The van der Waals surface area contributed by atoms with Crippen LogP contribution in [0.1, 0.15) is 37.6 Å². The first kappa shape index (κ1) is 11.0. The number of nitrogens with zero attached hydrogens (tertiary/aromatic N) is 1. The number of aliphatic hydroxyl groups excluding tert-OH is 1. The summed E-state index contributed by atoms with van der Waals surface area (Å²) >= 11 is 1.60. The summed E-state index contributed by atoms with van der Waals surface area (Å²) in [5.41, 5.74) is -0.358. The molecular formula is C11H18N2OS. The van der Waals surface area contributed by atoms with Crippen molar-refractivity contribution in [3.8, 4) is 0 Å². The lowest BCUT2D eigenvalue weighted by Crippen LogP contribution is -2.47. The molecule has 1 aliphatic carbocycles. The van der Waals surface area contributed by atoms with Gasteiger partial charge in [-0.3, -0.25) is 0 Å². The van der Waals surface area contributed by atoms with Crippen LogP contribution in [0, 0.1) is 0 Å². The molecule has 1 unspecified atom stereocenters. The minimum Gasteiger partial charge on any atom is -0.394 e. The Kier molecular flexibility index (Phi) is 3.38. The van der Waals surface area contributed by atoms with Gasteiger partial charge in [-0.1, -0.05) is 12.8 Å². The second kappa shape index (κ2) is 4.60. The van der Waals surface area contributed by atoms with Gasteiger partial charge in [0.05, 0.1) is 12.1 Å². The average molecular weight is 226 g/mol. The Morgan fingerprint density at radius 2 is 2.33 bits per heavy atom. The third kappa shape index (κ3) is 2.38. The largest absolute Gasteiger partial charge is 0.394 e. The van der Waals surface area contributed by atoms with Crippen molar-refractivity contribution in [2.75, 3.05) is 6.61 Å². The van der Waals surface area contributed by atoms with Crippen molar-refractivity contribution in [1.82, 2.24) is 10.3 Å². The molecule has 84 valence electrons. The Labute approximate surface area is 94.5 Å². The van der Waals surface area contributed by atoms with E-state index in [0.29, 0.717) is 6.04 Å². The van der Waals surface area contributed by atoms with Crippen LogP contribution < -0.4 is 5.32 Å². The molecule has 1 heterocycles. The fourth-order valence-electron chi connectivity index (χ4n) is 2.19. The molecule has 2 N–H and O–H groups in total. The van der Waals surface area contributed by atoms with Crippen molar-refractivity contribution >= 4 is 11.3 Å². The van der Waals surface area contributed by atoms with Crippen molar-refractivity contribution < 1.29 is 5.11 Å². The van der Waals surface area contributed by atoms with E-state index >= 15 is 0 Å². The molecule has 1 atom stereocenters. The van der Waals surface area contributed by atoms with Crippen LogP contribution in [0.5, 0.6) is 0 Å². The van der Waals surface area contributed by atoms with E-state index in [4.69, 9.17) is 0 Å². The topological polar surface area (TPSA) is 45.1 Å². The summed E-state index contributed by atoms with van der Waals surface area (Å²) < 4.78 is 0. The number of aromatic nitrogens is 1. The van der Waals surface area contributed by atoms with Crippen LogP contribution in [0.25, 0.3) is 0 Å². The monoisotopic (exact) mass is 226 g/mol. The second-order valence-electron chi connectivity index (χ2n) is 4.45. The number of hydrogen-bond acceptors (Lipinski definition) is 4. The molecule has 1 saturated carbocycles. The van der Waals surface area contributed by atoms with Gasteiger partial charge in [0.2, 0.25) is 0 Å². The molecule has 0 amide bonds. The molecule has 0 spiro atoms. The van der Waals surface area contributed by atoms with E-state index in [2.05, 4.69) is 10.3 Å². The zero-order chi connectivity index (χ0) is 10.7. The van der Waals surface area contributed by atoms with Crippen LogP contribution in [0.4, 0.5) is 0 Å². The first-order valence-corrected chi connectivity index (χ1v) is 6.41. The van der Waals surface area contributed by atoms with Crippen molar-refractivity contribution in [3.05, 3.63) is 16.6 Å². The highest BCUT2D eigenvalue weighted by atomic mass is 32.1. The quantitative estimate of drug-likeness (QED) is 0.824. The molecule has 1 aliphatic rings. The molecule has 0 bridgehead atoms. The average Bonchev–Trinajstić information content (AvgIpc) is 2.89. The number of hydrogen-bond donors (Lipinski definition) is 2. The lowest BCUT2D eigenvalue weighted by molar-refractivity contribution is 0.161. The fourth-order valence-corrected chi connectivity index (χ4v) is 2.95. The molecule has 0 saturated heterocycles. The van der Waals surface area contributed by atoms with E-state index in [1.165, 1.54) is 25.7 Å².